The Hall–Kier alpha value is -1.46. The van der Waals surface area contributed by atoms with Gasteiger partial charge in [-0.3, -0.25) is 15.0 Å². The molecule has 21 heavy (non-hydrogen) atoms. The number of nitrogens with two attached hydrogens (primary N) is 1. The average Bonchev–Trinajstić information content (AvgIpc) is 2.47. The van der Waals surface area contributed by atoms with Gasteiger partial charge < -0.3 is 5.73 Å². The van der Waals surface area contributed by atoms with Gasteiger partial charge in [-0.2, -0.15) is 0 Å². The molecule has 2 atom stereocenters. The van der Waals surface area contributed by atoms with Crippen molar-refractivity contribution in [1.82, 2.24) is 4.90 Å². The van der Waals surface area contributed by atoms with Crippen molar-refractivity contribution >= 4 is 5.69 Å². The summed E-state index contributed by atoms with van der Waals surface area (Å²) in [6, 6.07) is 5.81. The number of hydrogen-bond acceptors (Lipinski definition) is 4. The normalized spacial score (nSPS) is 21.2. The fourth-order valence-corrected chi connectivity index (χ4v) is 3.21. The summed E-state index contributed by atoms with van der Waals surface area (Å²) in [6.07, 6.45) is 3.49. The van der Waals surface area contributed by atoms with Gasteiger partial charge in [0.15, 0.2) is 0 Å². The van der Waals surface area contributed by atoms with Crippen LogP contribution in [0.2, 0.25) is 0 Å². The quantitative estimate of drug-likeness (QED) is 0.668. The van der Waals surface area contributed by atoms with Gasteiger partial charge in [-0.15, -0.1) is 0 Å². The second-order valence-electron chi connectivity index (χ2n) is 6.06. The third-order valence-electron chi connectivity index (χ3n) is 4.59. The Balaban J connectivity index is 2.13. The molecule has 1 heterocycles. The molecule has 0 aromatic heterocycles. The highest BCUT2D eigenvalue weighted by molar-refractivity contribution is 5.43. The molecule has 5 heteroatoms. The minimum atomic E-state index is -0.293. The number of nitro groups is 1. The first-order valence-corrected chi connectivity index (χ1v) is 7.72. The fourth-order valence-electron chi connectivity index (χ4n) is 3.21. The monoisotopic (exact) mass is 291 g/mol. The second kappa shape index (κ2) is 7.00. The van der Waals surface area contributed by atoms with Crippen molar-refractivity contribution in [3.63, 3.8) is 0 Å². The molecule has 2 rings (SSSR count). The first-order chi connectivity index (χ1) is 10.0. The summed E-state index contributed by atoms with van der Waals surface area (Å²) < 4.78 is 0. The molecule has 1 aliphatic heterocycles. The third-order valence-corrected chi connectivity index (χ3v) is 4.59. The molecule has 1 saturated heterocycles. The number of rotatable bonds is 5. The molecule has 0 saturated carbocycles. The van der Waals surface area contributed by atoms with Crippen molar-refractivity contribution in [2.24, 2.45) is 11.7 Å². The lowest BCUT2D eigenvalue weighted by atomic mass is 9.92. The smallest absolute Gasteiger partial charge is 0.272 e. The maximum Gasteiger partial charge on any atom is 0.272 e. The van der Waals surface area contributed by atoms with Crippen LogP contribution in [-0.4, -0.2) is 29.5 Å². The molecule has 1 fully saturated rings. The zero-order chi connectivity index (χ0) is 15.4. The minimum Gasteiger partial charge on any atom is -0.330 e. The maximum absolute atomic E-state index is 11.1. The van der Waals surface area contributed by atoms with E-state index in [0.717, 1.165) is 37.2 Å². The van der Waals surface area contributed by atoms with E-state index in [1.54, 1.807) is 13.0 Å². The van der Waals surface area contributed by atoms with E-state index < -0.39 is 0 Å². The molecule has 0 aliphatic carbocycles. The summed E-state index contributed by atoms with van der Waals surface area (Å²) in [5.74, 6) is 0.659. The molecule has 1 aliphatic rings. The molecule has 0 bridgehead atoms. The van der Waals surface area contributed by atoms with Gasteiger partial charge in [0.05, 0.1) is 4.92 Å². The second-order valence-corrected chi connectivity index (χ2v) is 6.06. The van der Waals surface area contributed by atoms with Crippen molar-refractivity contribution in [3.05, 3.63) is 39.4 Å². The van der Waals surface area contributed by atoms with Crippen LogP contribution < -0.4 is 5.73 Å². The average molecular weight is 291 g/mol. The lowest BCUT2D eigenvalue weighted by molar-refractivity contribution is -0.385. The Morgan fingerprint density at radius 1 is 1.52 bits per heavy atom. The summed E-state index contributed by atoms with van der Waals surface area (Å²) in [5.41, 5.74) is 7.63. The predicted molar refractivity (Wildman–Crippen MR) is 84.2 cm³/mol. The Bertz CT molecular complexity index is 502. The van der Waals surface area contributed by atoms with E-state index in [-0.39, 0.29) is 16.7 Å². The lowest BCUT2D eigenvalue weighted by Gasteiger charge is -2.37. The van der Waals surface area contributed by atoms with Crippen LogP contribution in [0.15, 0.2) is 18.2 Å². The SMILES string of the molecule is Cc1ccc(C(C)N2CCCC(CCN)C2)cc1[N+](=O)[O-]. The van der Waals surface area contributed by atoms with Gasteiger partial charge >= 0.3 is 0 Å². The third kappa shape index (κ3) is 3.80. The van der Waals surface area contributed by atoms with Crippen molar-refractivity contribution in [3.8, 4) is 0 Å². The fraction of sp³-hybridized carbons (Fsp3) is 0.625. The van der Waals surface area contributed by atoms with Gasteiger partial charge in [0.2, 0.25) is 0 Å². The first kappa shape index (κ1) is 15.9. The number of hydrogen-bond donors (Lipinski definition) is 1. The molecular weight excluding hydrogens is 266 g/mol. The molecule has 2 unspecified atom stereocenters. The van der Waals surface area contributed by atoms with Gasteiger partial charge in [-0.05, 0) is 57.7 Å². The maximum atomic E-state index is 11.1. The van der Waals surface area contributed by atoms with Gasteiger partial charge in [-0.25, -0.2) is 0 Å². The van der Waals surface area contributed by atoms with Crippen LogP contribution in [0.1, 0.15) is 43.4 Å². The van der Waals surface area contributed by atoms with E-state index in [1.807, 2.05) is 12.1 Å². The number of benzene rings is 1. The standard InChI is InChI=1S/C16H25N3O2/c1-12-5-6-15(10-16(12)19(20)21)13(2)18-9-3-4-14(11-18)7-8-17/h5-6,10,13-14H,3-4,7-9,11,17H2,1-2H3. The van der Waals surface area contributed by atoms with Crippen LogP contribution in [0.25, 0.3) is 0 Å². The van der Waals surface area contributed by atoms with Crippen LogP contribution in [-0.2, 0) is 0 Å². The van der Waals surface area contributed by atoms with Crippen LogP contribution in [0.4, 0.5) is 5.69 Å². The largest absolute Gasteiger partial charge is 0.330 e. The van der Waals surface area contributed by atoms with Gasteiger partial charge in [0, 0.05) is 24.2 Å². The Morgan fingerprint density at radius 2 is 2.29 bits per heavy atom. The molecule has 0 amide bonds. The summed E-state index contributed by atoms with van der Waals surface area (Å²) in [6.45, 7) is 6.76. The lowest BCUT2D eigenvalue weighted by Crippen LogP contribution is -2.37. The van der Waals surface area contributed by atoms with Crippen LogP contribution >= 0.6 is 0 Å². The van der Waals surface area contributed by atoms with Crippen molar-refractivity contribution in [1.29, 1.82) is 0 Å². The van der Waals surface area contributed by atoms with Crippen molar-refractivity contribution in [2.45, 2.75) is 39.2 Å². The van der Waals surface area contributed by atoms with Crippen LogP contribution in [0.5, 0.6) is 0 Å². The molecule has 1 aromatic carbocycles. The van der Waals surface area contributed by atoms with E-state index >= 15 is 0 Å². The summed E-state index contributed by atoms with van der Waals surface area (Å²) in [4.78, 5) is 13.2. The first-order valence-electron chi connectivity index (χ1n) is 7.72. The summed E-state index contributed by atoms with van der Waals surface area (Å²) in [7, 11) is 0. The molecular formula is C16H25N3O2. The molecule has 2 N–H and O–H groups in total. The zero-order valence-electron chi connectivity index (χ0n) is 12.9. The summed E-state index contributed by atoms with van der Waals surface area (Å²) >= 11 is 0. The number of aryl methyl sites for hydroxylation is 1. The van der Waals surface area contributed by atoms with Gasteiger partial charge in [-0.1, -0.05) is 12.1 Å². The van der Waals surface area contributed by atoms with E-state index in [9.17, 15) is 10.1 Å². The predicted octanol–water partition coefficient (Wildman–Crippen LogP) is 3.03. The van der Waals surface area contributed by atoms with E-state index in [0.29, 0.717) is 5.92 Å². The van der Waals surface area contributed by atoms with Gasteiger partial charge in [0.25, 0.3) is 5.69 Å². The van der Waals surface area contributed by atoms with Crippen molar-refractivity contribution in [2.75, 3.05) is 19.6 Å². The van der Waals surface area contributed by atoms with Crippen molar-refractivity contribution < 1.29 is 4.92 Å². The molecule has 116 valence electrons. The summed E-state index contributed by atoms with van der Waals surface area (Å²) in [5, 5.41) is 11.1. The van der Waals surface area contributed by atoms with Crippen LogP contribution in [0, 0.1) is 23.0 Å². The van der Waals surface area contributed by atoms with Gasteiger partial charge in [0.1, 0.15) is 0 Å². The molecule has 5 nitrogen and oxygen atoms in total. The Kier molecular flexibility index (Phi) is 5.31. The minimum absolute atomic E-state index is 0.213. The van der Waals surface area contributed by atoms with E-state index in [1.165, 1.54) is 12.8 Å². The van der Waals surface area contributed by atoms with Crippen LogP contribution in [0.3, 0.4) is 0 Å². The number of likely N-dealkylation sites (tertiary alicyclic amines) is 1. The highest BCUT2D eigenvalue weighted by Crippen LogP contribution is 2.30. The van der Waals surface area contributed by atoms with E-state index in [2.05, 4.69) is 11.8 Å². The number of nitro benzene ring substituents is 1. The number of piperidine rings is 1. The molecule has 1 aromatic rings. The zero-order valence-corrected chi connectivity index (χ0v) is 12.9. The van der Waals surface area contributed by atoms with E-state index in [4.69, 9.17) is 5.73 Å². The number of nitrogens with zero attached hydrogens (tertiary/aromatic N) is 2. The highest BCUT2D eigenvalue weighted by atomic mass is 16.6. The Labute approximate surface area is 126 Å². The molecule has 0 spiro atoms. The highest BCUT2D eigenvalue weighted by Gasteiger charge is 2.25. The topological polar surface area (TPSA) is 72.4 Å². The Morgan fingerprint density at radius 3 is 2.95 bits per heavy atom. The molecule has 0 radical (unpaired) electrons.